The molecule has 2 N–H and O–H groups in total. The molecule has 6 fully saturated rings. The van der Waals surface area contributed by atoms with Gasteiger partial charge in [-0.2, -0.15) is 0 Å². The molecule has 4 aliphatic carbocycles. The predicted molar refractivity (Wildman–Crippen MR) is 150 cm³/mol. The number of amides is 5. The molecule has 2 aliphatic heterocycles. The predicted octanol–water partition coefficient (Wildman–Crippen LogP) is 3.35. The smallest absolute Gasteiger partial charge is 0.410 e. The minimum Gasteiger partial charge on any atom is -0.444 e. The summed E-state index contributed by atoms with van der Waals surface area (Å²) in [4.78, 5) is 55.7. The molecular weight excluding hydrogens is 510 g/mol. The number of nitrogens with one attached hydrogen (secondary N) is 2. The van der Waals surface area contributed by atoms with Crippen LogP contribution < -0.4 is 10.6 Å². The fourth-order valence-electron chi connectivity index (χ4n) is 8.17. The van der Waals surface area contributed by atoms with Gasteiger partial charge in [0.25, 0.3) is 0 Å². The van der Waals surface area contributed by atoms with E-state index in [1.165, 1.54) is 19.3 Å². The zero-order chi connectivity index (χ0) is 28.5. The van der Waals surface area contributed by atoms with Crippen molar-refractivity contribution in [1.29, 1.82) is 0 Å². The van der Waals surface area contributed by atoms with E-state index in [0.29, 0.717) is 51.7 Å². The Morgan fingerprint density at radius 2 is 1.23 bits per heavy atom. The molecule has 2 saturated heterocycles. The van der Waals surface area contributed by atoms with Crippen molar-refractivity contribution >= 4 is 23.9 Å². The lowest BCUT2D eigenvalue weighted by atomic mass is 9.53. The maximum Gasteiger partial charge on any atom is 0.410 e. The minimum atomic E-state index is -0.544. The topological polar surface area (TPSA) is 111 Å². The van der Waals surface area contributed by atoms with Crippen LogP contribution in [0.3, 0.4) is 0 Å². The molecule has 0 aromatic heterocycles. The monoisotopic (exact) mass is 559 g/mol. The molecule has 10 heteroatoms. The largest absolute Gasteiger partial charge is 0.444 e. The molecular formula is C30H49N5O5. The van der Waals surface area contributed by atoms with E-state index in [-0.39, 0.29) is 42.3 Å². The Hall–Kier alpha value is -2.52. The molecule has 6 aliphatic rings. The zero-order valence-corrected chi connectivity index (χ0v) is 24.7. The lowest BCUT2D eigenvalue weighted by Crippen LogP contribution is -2.61. The highest BCUT2D eigenvalue weighted by Gasteiger charge is 2.51. The number of likely N-dealkylation sites (tertiary alicyclic amines) is 1. The normalized spacial score (nSPS) is 30.3. The van der Waals surface area contributed by atoms with Crippen LogP contribution in [0, 0.1) is 23.7 Å². The molecule has 4 bridgehead atoms. The fraction of sp³-hybridized carbons (Fsp3) is 0.867. The van der Waals surface area contributed by atoms with E-state index in [0.717, 1.165) is 49.9 Å². The number of carbonyl (C=O) groups excluding carboxylic acids is 4. The first-order chi connectivity index (χ1) is 19.0. The van der Waals surface area contributed by atoms with Crippen molar-refractivity contribution in [3.05, 3.63) is 0 Å². The van der Waals surface area contributed by atoms with Crippen molar-refractivity contribution in [2.24, 2.45) is 23.7 Å². The number of hydrogen-bond acceptors (Lipinski definition) is 5. The minimum absolute atomic E-state index is 0.0201. The van der Waals surface area contributed by atoms with Crippen molar-refractivity contribution in [2.75, 3.05) is 45.8 Å². The van der Waals surface area contributed by atoms with Crippen LogP contribution in [0.2, 0.25) is 0 Å². The van der Waals surface area contributed by atoms with Gasteiger partial charge in [0.2, 0.25) is 11.8 Å². The summed E-state index contributed by atoms with van der Waals surface area (Å²) >= 11 is 0. The van der Waals surface area contributed by atoms with Crippen LogP contribution in [0.15, 0.2) is 0 Å². The third kappa shape index (κ3) is 7.21. The summed E-state index contributed by atoms with van der Waals surface area (Å²) in [6.45, 7) is 9.30. The Morgan fingerprint density at radius 3 is 1.73 bits per heavy atom. The van der Waals surface area contributed by atoms with Crippen LogP contribution in [0.25, 0.3) is 0 Å². The summed E-state index contributed by atoms with van der Waals surface area (Å²) in [5.41, 5.74) is -0.518. The van der Waals surface area contributed by atoms with E-state index in [2.05, 4.69) is 10.6 Å². The molecule has 2 heterocycles. The van der Waals surface area contributed by atoms with E-state index in [1.54, 1.807) is 9.80 Å². The summed E-state index contributed by atoms with van der Waals surface area (Å²) in [7, 11) is 0. The molecule has 10 nitrogen and oxygen atoms in total. The highest BCUT2D eigenvalue weighted by molar-refractivity contribution is 5.84. The van der Waals surface area contributed by atoms with Gasteiger partial charge in [-0.15, -0.1) is 0 Å². The molecule has 0 unspecified atom stereocenters. The molecule has 224 valence electrons. The van der Waals surface area contributed by atoms with Crippen molar-refractivity contribution in [2.45, 2.75) is 96.1 Å². The first-order valence-corrected chi connectivity index (χ1v) is 15.6. The number of piperazine rings is 1. The van der Waals surface area contributed by atoms with Gasteiger partial charge in [-0.1, -0.05) is 0 Å². The van der Waals surface area contributed by atoms with Gasteiger partial charge in [-0.25, -0.2) is 9.59 Å². The number of carbonyl (C=O) groups is 4. The number of rotatable bonds is 6. The molecule has 0 radical (unpaired) electrons. The second kappa shape index (κ2) is 11.8. The molecule has 5 amide bonds. The molecule has 0 aromatic rings. The summed E-state index contributed by atoms with van der Waals surface area (Å²) in [5.74, 6) is 2.76. The SMILES string of the molecule is CC(C)(C)OC(=O)N1CCN(C(=O)CCC(=O)N2CCC(CNC(=O)NC34CC5CC(CC(C5)C3)C4)CC2)CC1. The van der Waals surface area contributed by atoms with Crippen molar-refractivity contribution in [1.82, 2.24) is 25.3 Å². The summed E-state index contributed by atoms with van der Waals surface area (Å²) in [5, 5.41) is 6.52. The molecule has 4 saturated carbocycles. The molecule has 0 aromatic carbocycles. The quantitative estimate of drug-likeness (QED) is 0.519. The molecule has 0 spiro atoms. The first-order valence-electron chi connectivity index (χ1n) is 15.6. The van der Waals surface area contributed by atoms with E-state index in [4.69, 9.17) is 4.74 Å². The Morgan fingerprint density at radius 1 is 0.750 bits per heavy atom. The lowest BCUT2D eigenvalue weighted by molar-refractivity contribution is -0.138. The number of urea groups is 1. The Labute approximate surface area is 238 Å². The third-order valence-electron chi connectivity index (χ3n) is 9.77. The van der Waals surface area contributed by atoms with Gasteiger partial charge < -0.3 is 30.1 Å². The summed E-state index contributed by atoms with van der Waals surface area (Å²) in [6.07, 6.45) is 9.32. The van der Waals surface area contributed by atoms with E-state index >= 15 is 0 Å². The van der Waals surface area contributed by atoms with Gasteiger partial charge in [-0.3, -0.25) is 9.59 Å². The van der Waals surface area contributed by atoms with Gasteiger partial charge in [-0.05, 0) is 95.8 Å². The third-order valence-corrected chi connectivity index (χ3v) is 9.77. The highest BCUT2D eigenvalue weighted by Crippen LogP contribution is 2.55. The summed E-state index contributed by atoms with van der Waals surface area (Å²) in [6, 6.07) is -0.0223. The molecule has 0 atom stereocenters. The number of nitrogens with zero attached hydrogens (tertiary/aromatic N) is 3. The maximum atomic E-state index is 12.8. The van der Waals surface area contributed by atoms with E-state index in [9.17, 15) is 19.2 Å². The van der Waals surface area contributed by atoms with Crippen molar-refractivity contribution < 1.29 is 23.9 Å². The molecule has 40 heavy (non-hydrogen) atoms. The average molecular weight is 560 g/mol. The highest BCUT2D eigenvalue weighted by atomic mass is 16.6. The van der Waals surface area contributed by atoms with Gasteiger partial charge in [0.15, 0.2) is 0 Å². The van der Waals surface area contributed by atoms with Gasteiger partial charge in [0.05, 0.1) is 0 Å². The number of hydrogen-bond donors (Lipinski definition) is 2. The van der Waals surface area contributed by atoms with E-state index in [1.807, 2.05) is 25.7 Å². The Kier molecular flexibility index (Phi) is 8.53. The van der Waals surface area contributed by atoms with Crippen LogP contribution in [0.1, 0.15) is 85.0 Å². The maximum absolute atomic E-state index is 12.8. The van der Waals surface area contributed by atoms with Crippen LogP contribution in [0.4, 0.5) is 9.59 Å². The van der Waals surface area contributed by atoms with Crippen LogP contribution in [-0.2, 0) is 14.3 Å². The second-order valence-corrected chi connectivity index (χ2v) is 14.2. The van der Waals surface area contributed by atoms with Gasteiger partial charge in [0, 0.05) is 64.2 Å². The van der Waals surface area contributed by atoms with Crippen LogP contribution >= 0.6 is 0 Å². The number of piperidine rings is 1. The standard InChI is InChI=1S/C30H49N5O5/c1-29(2,3)40-28(39)35-12-10-34(11-13-35)26(37)5-4-25(36)33-8-6-21(7-9-33)20-31-27(38)32-30-17-22-14-23(18-30)16-24(15-22)19-30/h21-24H,4-20H2,1-3H3,(H2,31,32,38). The zero-order valence-electron chi connectivity index (χ0n) is 24.7. The van der Waals surface area contributed by atoms with E-state index < -0.39 is 5.60 Å². The number of ether oxygens (including phenoxy) is 1. The second-order valence-electron chi connectivity index (χ2n) is 14.2. The van der Waals surface area contributed by atoms with Crippen molar-refractivity contribution in [3.63, 3.8) is 0 Å². The first kappa shape index (κ1) is 29.0. The average Bonchev–Trinajstić information content (AvgIpc) is 2.89. The Bertz CT molecular complexity index is 927. The Balaban J connectivity index is 0.953. The van der Waals surface area contributed by atoms with Gasteiger partial charge in [0.1, 0.15) is 5.60 Å². The summed E-state index contributed by atoms with van der Waals surface area (Å²) < 4.78 is 5.41. The van der Waals surface area contributed by atoms with Gasteiger partial charge >= 0.3 is 12.1 Å². The fourth-order valence-corrected chi connectivity index (χ4v) is 8.17. The molecule has 6 rings (SSSR count). The van der Waals surface area contributed by atoms with Crippen molar-refractivity contribution in [3.8, 4) is 0 Å². The van der Waals surface area contributed by atoms with Crippen LogP contribution in [-0.4, -0.2) is 95.6 Å². The van der Waals surface area contributed by atoms with Crippen LogP contribution in [0.5, 0.6) is 0 Å². The lowest BCUT2D eigenvalue weighted by Gasteiger charge is -2.56.